The topological polar surface area (TPSA) is 74.3 Å². The van der Waals surface area contributed by atoms with Gasteiger partial charge in [-0.1, -0.05) is 6.07 Å². The van der Waals surface area contributed by atoms with Gasteiger partial charge in [-0.2, -0.15) is 5.10 Å². The van der Waals surface area contributed by atoms with E-state index in [0.717, 1.165) is 22.6 Å². The molecule has 1 N–H and O–H groups in total. The predicted molar refractivity (Wildman–Crippen MR) is 98.8 cm³/mol. The van der Waals surface area contributed by atoms with Crippen molar-refractivity contribution in [1.82, 2.24) is 19.3 Å². The van der Waals surface area contributed by atoms with Crippen molar-refractivity contribution in [2.24, 2.45) is 0 Å². The summed E-state index contributed by atoms with van der Waals surface area (Å²) in [4.78, 5) is 4.67. The number of aliphatic hydroxyl groups excluding tert-OH is 1. The highest BCUT2D eigenvalue weighted by molar-refractivity contribution is 5.71. The first-order chi connectivity index (χ1) is 13.1. The van der Waals surface area contributed by atoms with E-state index in [1.807, 2.05) is 23.1 Å². The number of benzene rings is 1. The van der Waals surface area contributed by atoms with Crippen LogP contribution < -0.4 is 0 Å². The van der Waals surface area contributed by atoms with Crippen molar-refractivity contribution in [2.45, 2.75) is 38.2 Å². The molecule has 7 nitrogen and oxygen atoms in total. The van der Waals surface area contributed by atoms with Crippen LogP contribution in [0.2, 0.25) is 0 Å². The Hall–Kier alpha value is -2.48. The summed E-state index contributed by atoms with van der Waals surface area (Å²) >= 11 is 0. The molecule has 0 saturated carbocycles. The van der Waals surface area contributed by atoms with E-state index in [1.54, 1.807) is 12.4 Å². The smallest absolute Gasteiger partial charge is 0.142 e. The SMILES string of the molecule is Cc1cc(C)c(-n2cccn2)c(-c2nccn2[C@@H]2CO[C@H]3[C@@H]2OC[C@H]3O)c1. The largest absolute Gasteiger partial charge is 0.388 e. The van der Waals surface area contributed by atoms with Crippen LogP contribution in [0.15, 0.2) is 43.0 Å². The maximum Gasteiger partial charge on any atom is 0.142 e. The van der Waals surface area contributed by atoms with Crippen LogP contribution in [0.3, 0.4) is 0 Å². The fourth-order valence-corrected chi connectivity index (χ4v) is 4.32. The summed E-state index contributed by atoms with van der Waals surface area (Å²) in [7, 11) is 0. The zero-order valence-corrected chi connectivity index (χ0v) is 15.3. The molecular weight excluding hydrogens is 344 g/mol. The van der Waals surface area contributed by atoms with E-state index in [-0.39, 0.29) is 18.2 Å². The fourth-order valence-electron chi connectivity index (χ4n) is 4.32. The number of aromatic nitrogens is 4. The molecule has 0 aliphatic carbocycles. The number of rotatable bonds is 3. The molecule has 4 heterocycles. The minimum atomic E-state index is -0.562. The van der Waals surface area contributed by atoms with Gasteiger partial charge in [-0.15, -0.1) is 0 Å². The quantitative estimate of drug-likeness (QED) is 0.768. The van der Waals surface area contributed by atoms with Gasteiger partial charge in [0.2, 0.25) is 0 Å². The molecular formula is C20H22N4O3. The molecule has 0 radical (unpaired) electrons. The average Bonchev–Trinajstić information content (AvgIpc) is 3.40. The van der Waals surface area contributed by atoms with Crippen LogP contribution in [0.5, 0.6) is 0 Å². The van der Waals surface area contributed by atoms with Crippen molar-refractivity contribution in [1.29, 1.82) is 0 Å². The molecule has 27 heavy (non-hydrogen) atoms. The van der Waals surface area contributed by atoms with Crippen LogP contribution in [-0.2, 0) is 9.47 Å². The summed E-state index contributed by atoms with van der Waals surface area (Å²) in [5, 5.41) is 14.5. The van der Waals surface area contributed by atoms with Crippen molar-refractivity contribution in [3.63, 3.8) is 0 Å². The van der Waals surface area contributed by atoms with Gasteiger partial charge in [0.25, 0.3) is 0 Å². The van der Waals surface area contributed by atoms with Crippen LogP contribution in [0.1, 0.15) is 17.2 Å². The Morgan fingerprint density at radius 3 is 2.74 bits per heavy atom. The Bertz CT molecular complexity index is 966. The highest BCUT2D eigenvalue weighted by atomic mass is 16.6. The van der Waals surface area contributed by atoms with Crippen LogP contribution in [0, 0.1) is 13.8 Å². The number of hydrogen-bond donors (Lipinski definition) is 1. The first-order valence-electron chi connectivity index (χ1n) is 9.19. The molecule has 2 saturated heterocycles. The van der Waals surface area contributed by atoms with Gasteiger partial charge in [-0.3, -0.25) is 0 Å². The molecule has 3 aromatic rings. The molecule has 1 aromatic carbocycles. The predicted octanol–water partition coefficient (Wildman–Crippen LogP) is 2.05. The van der Waals surface area contributed by atoms with Crippen LogP contribution in [-0.4, -0.2) is 56.0 Å². The van der Waals surface area contributed by atoms with E-state index in [9.17, 15) is 5.11 Å². The molecule has 0 amide bonds. The monoisotopic (exact) mass is 366 g/mol. The molecule has 7 heteroatoms. The van der Waals surface area contributed by atoms with E-state index in [4.69, 9.17) is 9.47 Å². The minimum absolute atomic E-state index is 0.0176. The lowest BCUT2D eigenvalue weighted by Crippen LogP contribution is -2.30. The molecule has 5 rings (SSSR count). The lowest BCUT2D eigenvalue weighted by Gasteiger charge is -2.21. The molecule has 0 bridgehead atoms. The fraction of sp³-hybridized carbons (Fsp3) is 0.400. The van der Waals surface area contributed by atoms with E-state index >= 15 is 0 Å². The van der Waals surface area contributed by atoms with Gasteiger partial charge in [0, 0.05) is 30.4 Å². The second-order valence-electron chi connectivity index (χ2n) is 7.32. The Kier molecular flexibility index (Phi) is 3.89. The maximum absolute atomic E-state index is 10.1. The summed E-state index contributed by atoms with van der Waals surface area (Å²) in [6.45, 7) is 4.99. The third kappa shape index (κ3) is 2.62. The van der Waals surface area contributed by atoms with Gasteiger partial charge in [0.05, 0.1) is 24.9 Å². The van der Waals surface area contributed by atoms with Gasteiger partial charge in [-0.05, 0) is 37.1 Å². The van der Waals surface area contributed by atoms with E-state index < -0.39 is 6.10 Å². The standard InChI is InChI=1S/C20H22N4O3/c1-12-8-13(2)17(24-6-3-4-22-24)14(9-12)20-21-5-7-23(20)15-10-26-19-16(25)11-27-18(15)19/h3-9,15-16,18-19,25H,10-11H2,1-2H3/t15-,16-,18-,19-/m1/s1. The Balaban J connectivity index is 1.63. The first kappa shape index (κ1) is 16.7. The van der Waals surface area contributed by atoms with Crippen LogP contribution in [0.4, 0.5) is 0 Å². The van der Waals surface area contributed by atoms with Gasteiger partial charge in [0.1, 0.15) is 24.1 Å². The number of aliphatic hydroxyl groups is 1. The Morgan fingerprint density at radius 2 is 1.93 bits per heavy atom. The van der Waals surface area contributed by atoms with Gasteiger partial charge < -0.3 is 19.1 Å². The van der Waals surface area contributed by atoms with Gasteiger partial charge in [-0.25, -0.2) is 9.67 Å². The number of nitrogens with zero attached hydrogens (tertiary/aromatic N) is 4. The van der Waals surface area contributed by atoms with Crippen molar-refractivity contribution in [3.8, 4) is 17.1 Å². The first-order valence-corrected chi connectivity index (χ1v) is 9.19. The van der Waals surface area contributed by atoms with Crippen molar-refractivity contribution in [2.75, 3.05) is 13.2 Å². The van der Waals surface area contributed by atoms with Gasteiger partial charge in [0.15, 0.2) is 0 Å². The number of ether oxygens (including phenoxy) is 2. The summed E-state index contributed by atoms with van der Waals surface area (Å²) < 4.78 is 15.6. The normalized spacial score (nSPS) is 27.2. The Morgan fingerprint density at radius 1 is 1.07 bits per heavy atom. The number of imidazole rings is 1. The zero-order valence-electron chi connectivity index (χ0n) is 15.3. The summed E-state index contributed by atoms with van der Waals surface area (Å²) in [6, 6.07) is 6.19. The summed E-state index contributed by atoms with van der Waals surface area (Å²) in [5.41, 5.74) is 4.33. The molecule has 2 aliphatic rings. The van der Waals surface area contributed by atoms with E-state index in [1.165, 1.54) is 5.56 Å². The number of hydrogen-bond acceptors (Lipinski definition) is 5. The van der Waals surface area contributed by atoms with Crippen LogP contribution in [0.25, 0.3) is 17.1 Å². The molecule has 4 atom stereocenters. The number of fused-ring (bicyclic) bond motifs is 1. The molecule has 140 valence electrons. The average molecular weight is 366 g/mol. The maximum atomic E-state index is 10.1. The highest BCUT2D eigenvalue weighted by Gasteiger charge is 2.48. The summed E-state index contributed by atoms with van der Waals surface area (Å²) in [6.07, 6.45) is 6.50. The third-order valence-electron chi connectivity index (χ3n) is 5.45. The third-order valence-corrected chi connectivity index (χ3v) is 5.45. The van der Waals surface area contributed by atoms with E-state index in [0.29, 0.717) is 13.2 Å². The second kappa shape index (κ2) is 6.30. The molecule has 0 spiro atoms. The van der Waals surface area contributed by atoms with Crippen LogP contribution >= 0.6 is 0 Å². The molecule has 2 aromatic heterocycles. The lowest BCUT2D eigenvalue weighted by molar-refractivity contribution is 0.0172. The van der Waals surface area contributed by atoms with Crippen molar-refractivity contribution < 1.29 is 14.6 Å². The summed E-state index contributed by atoms with van der Waals surface area (Å²) in [5.74, 6) is 0.853. The number of aryl methyl sites for hydroxylation is 2. The molecule has 0 unspecified atom stereocenters. The minimum Gasteiger partial charge on any atom is -0.388 e. The zero-order chi connectivity index (χ0) is 18.5. The highest BCUT2D eigenvalue weighted by Crippen LogP contribution is 2.38. The van der Waals surface area contributed by atoms with Crippen molar-refractivity contribution in [3.05, 3.63) is 54.1 Å². The Labute approximate surface area is 157 Å². The molecule has 2 aliphatic heterocycles. The second-order valence-corrected chi connectivity index (χ2v) is 7.32. The lowest BCUT2D eigenvalue weighted by atomic mass is 10.0. The van der Waals surface area contributed by atoms with Gasteiger partial charge >= 0.3 is 0 Å². The van der Waals surface area contributed by atoms with E-state index in [2.05, 4.69) is 40.6 Å². The molecule has 2 fully saturated rings. The van der Waals surface area contributed by atoms with Crippen molar-refractivity contribution >= 4 is 0 Å².